The quantitative estimate of drug-likeness (QED) is 0.838. The van der Waals surface area contributed by atoms with E-state index in [0.717, 1.165) is 6.42 Å². The van der Waals surface area contributed by atoms with Crippen LogP contribution in [0.3, 0.4) is 0 Å². The molecule has 0 aromatic carbocycles. The van der Waals surface area contributed by atoms with Gasteiger partial charge in [0.15, 0.2) is 9.84 Å². The molecule has 1 fully saturated rings. The minimum absolute atomic E-state index is 0.0530. The summed E-state index contributed by atoms with van der Waals surface area (Å²) < 4.78 is 59.1. The average molecular weight is 259 g/mol. The first-order valence-electron chi connectivity index (χ1n) is 5.26. The van der Waals surface area contributed by atoms with Gasteiger partial charge in [0, 0.05) is 12.5 Å². The molecule has 3 nitrogen and oxygen atoms in total. The topological polar surface area (TPSA) is 60.2 Å². The molecule has 0 saturated carbocycles. The first-order valence-corrected chi connectivity index (χ1v) is 6.98. The molecule has 1 aliphatic rings. The molecule has 0 spiro atoms. The Morgan fingerprint density at radius 1 is 1.31 bits per heavy atom. The summed E-state index contributed by atoms with van der Waals surface area (Å²) in [6.07, 6.45) is -3.89. The fourth-order valence-corrected chi connectivity index (χ4v) is 4.08. The molecule has 0 bridgehead atoms. The maximum Gasteiger partial charge on any atom is 0.389 e. The van der Waals surface area contributed by atoms with Crippen molar-refractivity contribution >= 4 is 9.84 Å². The fraction of sp³-hybridized carbons (Fsp3) is 1.00. The number of hydrogen-bond donors (Lipinski definition) is 1. The number of halogens is 3. The lowest BCUT2D eigenvalue weighted by atomic mass is 10.0. The Balaban J connectivity index is 2.56. The van der Waals surface area contributed by atoms with Gasteiger partial charge in [-0.25, -0.2) is 8.42 Å². The number of hydrogen-bond acceptors (Lipinski definition) is 3. The Morgan fingerprint density at radius 2 is 1.94 bits per heavy atom. The van der Waals surface area contributed by atoms with Gasteiger partial charge in [0.25, 0.3) is 0 Å². The zero-order chi connectivity index (χ0) is 12.4. The SMILES string of the molecule is NC(CCC(F)(F)F)C1CCCCS1(=O)=O. The van der Waals surface area contributed by atoms with Crippen molar-refractivity contribution in [2.75, 3.05) is 5.75 Å². The molecule has 16 heavy (non-hydrogen) atoms. The maximum atomic E-state index is 12.0. The predicted octanol–water partition coefficient (Wildman–Crippen LogP) is 1.62. The average Bonchev–Trinajstić information content (AvgIpc) is 2.12. The molecule has 2 unspecified atom stereocenters. The molecule has 0 amide bonds. The lowest BCUT2D eigenvalue weighted by Gasteiger charge is -2.27. The minimum atomic E-state index is -4.27. The molecule has 7 heteroatoms. The molecule has 1 rings (SSSR count). The predicted molar refractivity (Wildman–Crippen MR) is 54.7 cm³/mol. The van der Waals surface area contributed by atoms with Crippen LogP contribution in [0.25, 0.3) is 0 Å². The van der Waals surface area contributed by atoms with Crippen molar-refractivity contribution in [2.45, 2.75) is 49.6 Å². The van der Waals surface area contributed by atoms with Gasteiger partial charge in [-0.15, -0.1) is 0 Å². The highest BCUT2D eigenvalue weighted by atomic mass is 32.2. The molecule has 2 N–H and O–H groups in total. The standard InChI is InChI=1S/C9H16F3NO2S/c10-9(11,12)5-4-7(13)8-3-1-2-6-16(8,14)15/h7-8H,1-6,13H2. The third-order valence-corrected chi connectivity index (χ3v) is 5.23. The summed E-state index contributed by atoms with van der Waals surface area (Å²) >= 11 is 0. The summed E-state index contributed by atoms with van der Waals surface area (Å²) in [6.45, 7) is 0. The summed E-state index contributed by atoms with van der Waals surface area (Å²) in [4.78, 5) is 0. The van der Waals surface area contributed by atoms with E-state index in [1.54, 1.807) is 0 Å². The van der Waals surface area contributed by atoms with Crippen molar-refractivity contribution in [1.29, 1.82) is 0 Å². The molecule has 0 aromatic rings. The van der Waals surface area contributed by atoms with E-state index in [1.807, 2.05) is 0 Å². The van der Waals surface area contributed by atoms with Crippen LogP contribution in [-0.4, -0.2) is 31.6 Å². The summed E-state index contributed by atoms with van der Waals surface area (Å²) in [5.41, 5.74) is 5.55. The Hall–Kier alpha value is -0.300. The third-order valence-electron chi connectivity index (χ3n) is 2.87. The van der Waals surface area contributed by atoms with Crippen molar-refractivity contribution in [3.8, 4) is 0 Å². The van der Waals surface area contributed by atoms with Crippen LogP contribution in [0.2, 0.25) is 0 Å². The van der Waals surface area contributed by atoms with Gasteiger partial charge < -0.3 is 5.73 Å². The van der Waals surface area contributed by atoms with E-state index in [4.69, 9.17) is 5.73 Å². The normalized spacial score (nSPS) is 27.6. The second kappa shape index (κ2) is 4.91. The van der Waals surface area contributed by atoms with Crippen molar-refractivity contribution < 1.29 is 21.6 Å². The number of rotatable bonds is 3. The van der Waals surface area contributed by atoms with Gasteiger partial charge in [-0.05, 0) is 19.3 Å². The van der Waals surface area contributed by atoms with Crippen molar-refractivity contribution in [1.82, 2.24) is 0 Å². The molecule has 1 aliphatic heterocycles. The molecular formula is C9H16F3NO2S. The molecule has 1 saturated heterocycles. The van der Waals surface area contributed by atoms with Crippen molar-refractivity contribution in [2.24, 2.45) is 5.73 Å². The summed E-state index contributed by atoms with van der Waals surface area (Å²) in [5, 5.41) is -0.788. The maximum absolute atomic E-state index is 12.0. The van der Waals surface area contributed by atoms with Crippen LogP contribution in [0.15, 0.2) is 0 Å². The van der Waals surface area contributed by atoms with Gasteiger partial charge >= 0.3 is 6.18 Å². The zero-order valence-corrected chi connectivity index (χ0v) is 9.65. The van der Waals surface area contributed by atoms with E-state index in [0.29, 0.717) is 12.8 Å². The zero-order valence-electron chi connectivity index (χ0n) is 8.83. The molecule has 0 aromatic heterocycles. The van der Waals surface area contributed by atoms with E-state index in [2.05, 4.69) is 0 Å². The van der Waals surface area contributed by atoms with Gasteiger partial charge in [0.05, 0.1) is 11.0 Å². The minimum Gasteiger partial charge on any atom is -0.327 e. The van der Waals surface area contributed by atoms with Gasteiger partial charge in [0.2, 0.25) is 0 Å². The molecule has 0 aliphatic carbocycles. The van der Waals surface area contributed by atoms with Crippen LogP contribution in [0.4, 0.5) is 13.2 Å². The van der Waals surface area contributed by atoms with Crippen LogP contribution in [0.5, 0.6) is 0 Å². The van der Waals surface area contributed by atoms with E-state index < -0.39 is 33.7 Å². The summed E-state index contributed by atoms with van der Waals surface area (Å²) in [5.74, 6) is 0.0530. The van der Waals surface area contributed by atoms with Crippen LogP contribution >= 0.6 is 0 Å². The van der Waals surface area contributed by atoms with Crippen LogP contribution in [0.1, 0.15) is 32.1 Å². The van der Waals surface area contributed by atoms with E-state index in [1.165, 1.54) is 0 Å². The lowest BCUT2D eigenvalue weighted by Crippen LogP contribution is -2.44. The van der Waals surface area contributed by atoms with Crippen molar-refractivity contribution in [3.05, 3.63) is 0 Å². The lowest BCUT2D eigenvalue weighted by molar-refractivity contribution is -0.136. The molecule has 96 valence electrons. The smallest absolute Gasteiger partial charge is 0.327 e. The molecule has 0 radical (unpaired) electrons. The van der Waals surface area contributed by atoms with Crippen LogP contribution < -0.4 is 5.73 Å². The number of alkyl halides is 3. The first-order chi connectivity index (χ1) is 7.22. The van der Waals surface area contributed by atoms with E-state index in [-0.39, 0.29) is 12.2 Å². The number of sulfone groups is 1. The van der Waals surface area contributed by atoms with Gasteiger partial charge in [-0.2, -0.15) is 13.2 Å². The number of nitrogens with two attached hydrogens (primary N) is 1. The monoisotopic (exact) mass is 259 g/mol. The highest BCUT2D eigenvalue weighted by Gasteiger charge is 2.36. The highest BCUT2D eigenvalue weighted by Crippen LogP contribution is 2.27. The Morgan fingerprint density at radius 3 is 2.44 bits per heavy atom. The molecular weight excluding hydrogens is 243 g/mol. The Bertz CT molecular complexity index is 326. The summed E-state index contributed by atoms with van der Waals surface area (Å²) in [6, 6.07) is -0.896. The van der Waals surface area contributed by atoms with Gasteiger partial charge in [-0.1, -0.05) is 6.42 Å². The van der Waals surface area contributed by atoms with Crippen LogP contribution in [0, 0.1) is 0 Å². The highest BCUT2D eigenvalue weighted by molar-refractivity contribution is 7.92. The van der Waals surface area contributed by atoms with E-state index in [9.17, 15) is 21.6 Å². The Kier molecular flexibility index (Phi) is 4.23. The fourth-order valence-electron chi connectivity index (χ4n) is 1.98. The van der Waals surface area contributed by atoms with Gasteiger partial charge in [0.1, 0.15) is 0 Å². The molecule has 1 heterocycles. The Labute approximate surface area is 93.1 Å². The second-order valence-corrected chi connectivity index (χ2v) is 6.56. The van der Waals surface area contributed by atoms with Crippen LogP contribution in [-0.2, 0) is 9.84 Å². The largest absolute Gasteiger partial charge is 0.389 e. The van der Waals surface area contributed by atoms with E-state index >= 15 is 0 Å². The van der Waals surface area contributed by atoms with Gasteiger partial charge in [-0.3, -0.25) is 0 Å². The van der Waals surface area contributed by atoms with Crippen molar-refractivity contribution in [3.63, 3.8) is 0 Å². The summed E-state index contributed by atoms with van der Waals surface area (Å²) in [7, 11) is -3.28. The third kappa shape index (κ3) is 3.93. The first kappa shape index (κ1) is 13.8. The second-order valence-electron chi connectivity index (χ2n) is 4.22. The molecule has 2 atom stereocenters.